The molecule has 1 fully saturated rings. The number of aromatic nitrogens is 1. The number of carbonyl (C=O) groups is 1. The van der Waals surface area contributed by atoms with Crippen LogP contribution in [0.5, 0.6) is 0 Å². The fourth-order valence-corrected chi connectivity index (χ4v) is 4.65. The van der Waals surface area contributed by atoms with E-state index in [0.29, 0.717) is 17.7 Å². The Morgan fingerprint density at radius 2 is 2.00 bits per heavy atom. The molecule has 1 aromatic heterocycles. The summed E-state index contributed by atoms with van der Waals surface area (Å²) < 4.78 is 6.55. The topological polar surface area (TPSA) is 70.7 Å². The predicted octanol–water partition coefficient (Wildman–Crippen LogP) is 2.29. The Labute approximate surface area is 180 Å². The number of ether oxygens (including phenoxy) is 1. The quantitative estimate of drug-likeness (QED) is 0.663. The van der Waals surface area contributed by atoms with Crippen molar-refractivity contribution in [3.8, 4) is 6.07 Å². The third-order valence-electron chi connectivity index (χ3n) is 5.48. The maximum atomic E-state index is 13.4. The van der Waals surface area contributed by atoms with Crippen molar-refractivity contribution in [2.75, 3.05) is 44.3 Å². The van der Waals surface area contributed by atoms with Crippen LogP contribution in [0.2, 0.25) is 0 Å². The molecule has 6 nitrogen and oxygen atoms in total. The lowest BCUT2D eigenvalue weighted by Crippen LogP contribution is -3.14. The lowest BCUT2D eigenvalue weighted by Gasteiger charge is -2.27. The van der Waals surface area contributed by atoms with Gasteiger partial charge in [-0.3, -0.25) is 9.69 Å². The Kier molecular flexibility index (Phi) is 6.38. The third kappa shape index (κ3) is 4.51. The number of anilines is 1. The molecule has 1 aliphatic heterocycles. The van der Waals surface area contributed by atoms with Crippen molar-refractivity contribution < 1.29 is 14.4 Å². The Balaban J connectivity index is 1.63. The first-order valence-corrected chi connectivity index (χ1v) is 11.1. The Bertz CT molecular complexity index is 1060. The summed E-state index contributed by atoms with van der Waals surface area (Å²) in [6.07, 6.45) is 0.970. The van der Waals surface area contributed by atoms with Gasteiger partial charge in [-0.15, -0.1) is 0 Å². The molecule has 1 amide bonds. The van der Waals surface area contributed by atoms with E-state index in [1.807, 2.05) is 6.07 Å². The van der Waals surface area contributed by atoms with Gasteiger partial charge in [-0.2, -0.15) is 5.26 Å². The summed E-state index contributed by atoms with van der Waals surface area (Å²) in [5, 5.41) is 9.76. The highest BCUT2D eigenvalue weighted by molar-refractivity contribution is 7.22. The average Bonchev–Trinajstić information content (AvgIpc) is 3.22. The number of hydrogen-bond acceptors (Lipinski definition) is 5. The van der Waals surface area contributed by atoms with Crippen LogP contribution in [0.4, 0.5) is 5.13 Å². The Morgan fingerprint density at radius 1 is 1.23 bits per heavy atom. The molecule has 0 atom stereocenters. The van der Waals surface area contributed by atoms with Gasteiger partial charge in [0.05, 0.1) is 48.2 Å². The van der Waals surface area contributed by atoms with E-state index in [2.05, 4.69) is 25.1 Å². The first-order chi connectivity index (χ1) is 14.7. The summed E-state index contributed by atoms with van der Waals surface area (Å²) in [7, 11) is 0. The highest BCUT2D eigenvalue weighted by Gasteiger charge is 2.24. The second-order valence-electron chi connectivity index (χ2n) is 7.41. The molecule has 0 spiro atoms. The highest BCUT2D eigenvalue weighted by Crippen LogP contribution is 2.30. The molecule has 1 aliphatic rings. The largest absolute Gasteiger partial charge is 0.370 e. The summed E-state index contributed by atoms with van der Waals surface area (Å²) in [6.45, 7) is 7.02. The number of fused-ring (bicyclic) bond motifs is 1. The van der Waals surface area contributed by atoms with Gasteiger partial charge in [-0.05, 0) is 48.4 Å². The number of nitriles is 1. The minimum atomic E-state index is -0.0816. The number of aryl methyl sites for hydroxylation is 1. The molecule has 30 heavy (non-hydrogen) atoms. The van der Waals surface area contributed by atoms with E-state index in [9.17, 15) is 4.79 Å². The van der Waals surface area contributed by atoms with Gasteiger partial charge in [0, 0.05) is 5.56 Å². The molecule has 0 unspecified atom stereocenters. The van der Waals surface area contributed by atoms with Gasteiger partial charge in [-0.25, -0.2) is 4.98 Å². The first-order valence-electron chi connectivity index (χ1n) is 10.3. The van der Waals surface area contributed by atoms with Crippen molar-refractivity contribution in [2.24, 2.45) is 0 Å². The zero-order valence-corrected chi connectivity index (χ0v) is 17.9. The number of rotatable bonds is 6. The molecular weight excluding hydrogens is 396 g/mol. The molecule has 1 N–H and O–H groups in total. The molecule has 1 saturated heterocycles. The van der Waals surface area contributed by atoms with Gasteiger partial charge in [0.1, 0.15) is 13.1 Å². The maximum Gasteiger partial charge on any atom is 0.260 e. The number of hydrogen-bond donors (Lipinski definition) is 1. The van der Waals surface area contributed by atoms with Crippen LogP contribution in [0.15, 0.2) is 42.5 Å². The minimum absolute atomic E-state index is 0.0816. The zero-order valence-electron chi connectivity index (χ0n) is 17.1. The van der Waals surface area contributed by atoms with E-state index in [4.69, 9.17) is 15.0 Å². The summed E-state index contributed by atoms with van der Waals surface area (Å²) in [6, 6.07) is 15.2. The zero-order chi connectivity index (χ0) is 20.9. The third-order valence-corrected chi connectivity index (χ3v) is 6.52. The minimum Gasteiger partial charge on any atom is -0.370 e. The lowest BCUT2D eigenvalue weighted by atomic mass is 10.1. The second-order valence-corrected chi connectivity index (χ2v) is 8.42. The van der Waals surface area contributed by atoms with Gasteiger partial charge >= 0.3 is 0 Å². The van der Waals surface area contributed by atoms with Crippen LogP contribution in [0.3, 0.4) is 0 Å². The van der Waals surface area contributed by atoms with Crippen molar-refractivity contribution in [1.82, 2.24) is 4.98 Å². The molecule has 4 rings (SSSR count). The van der Waals surface area contributed by atoms with Crippen LogP contribution in [-0.2, 0) is 11.2 Å². The lowest BCUT2D eigenvalue weighted by molar-refractivity contribution is -0.906. The molecular formula is C23H25N4O2S+. The molecule has 0 radical (unpaired) electrons. The Morgan fingerprint density at radius 3 is 2.70 bits per heavy atom. The van der Waals surface area contributed by atoms with Crippen LogP contribution in [0, 0.1) is 11.3 Å². The summed E-state index contributed by atoms with van der Waals surface area (Å²) >= 11 is 1.56. The predicted molar refractivity (Wildman–Crippen MR) is 118 cm³/mol. The fourth-order valence-electron chi connectivity index (χ4n) is 3.60. The number of amides is 1. The molecule has 154 valence electrons. The van der Waals surface area contributed by atoms with Gasteiger partial charge < -0.3 is 9.64 Å². The van der Waals surface area contributed by atoms with Crippen molar-refractivity contribution >= 4 is 32.6 Å². The van der Waals surface area contributed by atoms with Crippen LogP contribution in [0.1, 0.15) is 28.4 Å². The number of carbonyl (C=O) groups excluding carboxylic acids is 1. The average molecular weight is 422 g/mol. The number of nitrogens with zero attached hydrogens (tertiary/aromatic N) is 3. The Hall–Kier alpha value is -2.79. The first kappa shape index (κ1) is 20.5. The summed E-state index contributed by atoms with van der Waals surface area (Å²) in [5.41, 5.74) is 3.30. The second kappa shape index (κ2) is 9.35. The highest BCUT2D eigenvalue weighted by atomic mass is 32.1. The van der Waals surface area contributed by atoms with Crippen molar-refractivity contribution in [3.05, 3.63) is 59.2 Å². The standard InChI is InChI=1S/C23H24N4O2S/c1-2-17-5-8-20-21(15-17)30-23(25-20)27(10-9-26-11-13-29-14-12-26)22(28)19-6-3-18(16-24)4-7-19/h3-8,15H,2,9-14H2,1H3/p+1. The normalized spacial score (nSPS) is 14.5. The van der Waals surface area contributed by atoms with Crippen molar-refractivity contribution in [3.63, 3.8) is 0 Å². The van der Waals surface area contributed by atoms with Crippen LogP contribution in [0.25, 0.3) is 10.2 Å². The number of morpholine rings is 1. The summed E-state index contributed by atoms with van der Waals surface area (Å²) in [4.78, 5) is 21.4. The van der Waals surface area contributed by atoms with Gasteiger partial charge in [-0.1, -0.05) is 24.3 Å². The molecule has 3 aromatic rings. The van der Waals surface area contributed by atoms with E-state index >= 15 is 0 Å². The molecule has 0 bridgehead atoms. The molecule has 2 heterocycles. The summed E-state index contributed by atoms with van der Waals surface area (Å²) in [5.74, 6) is -0.0816. The van der Waals surface area contributed by atoms with E-state index in [1.54, 1.807) is 40.5 Å². The van der Waals surface area contributed by atoms with E-state index in [-0.39, 0.29) is 5.91 Å². The van der Waals surface area contributed by atoms with Crippen LogP contribution < -0.4 is 9.80 Å². The SMILES string of the molecule is CCc1ccc2nc(N(CC[NH+]3CCOCC3)C(=O)c3ccc(C#N)cc3)sc2c1. The van der Waals surface area contributed by atoms with E-state index < -0.39 is 0 Å². The molecule has 7 heteroatoms. The van der Waals surface area contributed by atoms with Crippen molar-refractivity contribution in [2.45, 2.75) is 13.3 Å². The molecule has 0 saturated carbocycles. The van der Waals surface area contributed by atoms with Gasteiger partial charge in [0.2, 0.25) is 0 Å². The monoisotopic (exact) mass is 421 g/mol. The van der Waals surface area contributed by atoms with Crippen LogP contribution in [-0.4, -0.2) is 50.3 Å². The molecule has 2 aromatic carbocycles. The number of quaternary nitrogens is 1. The van der Waals surface area contributed by atoms with Gasteiger partial charge in [0.15, 0.2) is 5.13 Å². The number of benzene rings is 2. The fraction of sp³-hybridized carbons (Fsp3) is 0.348. The number of thiazole rings is 1. The van der Waals surface area contributed by atoms with Gasteiger partial charge in [0.25, 0.3) is 5.91 Å². The van der Waals surface area contributed by atoms with E-state index in [1.165, 1.54) is 10.5 Å². The maximum absolute atomic E-state index is 13.4. The number of nitrogens with one attached hydrogen (secondary N) is 1. The molecule has 0 aliphatic carbocycles. The van der Waals surface area contributed by atoms with Crippen molar-refractivity contribution in [1.29, 1.82) is 5.26 Å². The smallest absolute Gasteiger partial charge is 0.260 e. The van der Waals surface area contributed by atoms with E-state index in [0.717, 1.165) is 54.6 Å². The van der Waals surface area contributed by atoms with Crippen LogP contribution >= 0.6 is 11.3 Å².